The maximum Gasteiger partial charge on any atom is 0.271 e. The molecule has 0 atom stereocenters. The predicted molar refractivity (Wildman–Crippen MR) is 141 cm³/mol. The molecule has 0 radical (unpaired) electrons. The van der Waals surface area contributed by atoms with Crippen LogP contribution >= 0.6 is 0 Å². The molecule has 36 heavy (non-hydrogen) atoms. The number of amides is 2. The maximum atomic E-state index is 12.3. The normalized spacial score (nSPS) is 10.9. The Morgan fingerprint density at radius 3 is 1.47 bits per heavy atom. The number of aliphatic hydroxyl groups excluding tert-OH is 2. The van der Waals surface area contributed by atoms with Crippen molar-refractivity contribution in [2.75, 3.05) is 36.9 Å². The summed E-state index contributed by atoms with van der Waals surface area (Å²) >= 11 is 0. The first kappa shape index (κ1) is 26.1. The molecule has 0 aliphatic carbocycles. The fraction of sp³-hybridized carbons (Fsp3) is 0.154. The zero-order valence-electron chi connectivity index (χ0n) is 19.5. The SMILES string of the molecule is O=C(NN=Cc1cccc(C=NNC(=O)c2ccc(NCCO)cc2)c1)c1ccc(NCCO)cc1. The monoisotopic (exact) mass is 488 g/mol. The van der Waals surface area contributed by atoms with Gasteiger partial charge in [-0.05, 0) is 65.7 Å². The van der Waals surface area contributed by atoms with Crippen LogP contribution in [-0.4, -0.2) is 60.8 Å². The van der Waals surface area contributed by atoms with E-state index < -0.39 is 0 Å². The van der Waals surface area contributed by atoms with E-state index in [9.17, 15) is 9.59 Å². The third-order valence-electron chi connectivity index (χ3n) is 4.85. The van der Waals surface area contributed by atoms with Gasteiger partial charge in [-0.3, -0.25) is 9.59 Å². The molecule has 6 N–H and O–H groups in total. The fourth-order valence-corrected chi connectivity index (χ4v) is 3.06. The van der Waals surface area contributed by atoms with E-state index in [4.69, 9.17) is 10.2 Å². The van der Waals surface area contributed by atoms with E-state index in [0.29, 0.717) is 24.2 Å². The highest BCUT2D eigenvalue weighted by molar-refractivity contribution is 5.96. The van der Waals surface area contributed by atoms with Crippen LogP contribution in [0.15, 0.2) is 83.0 Å². The lowest BCUT2D eigenvalue weighted by molar-refractivity contribution is 0.0947. The molecule has 0 saturated carbocycles. The van der Waals surface area contributed by atoms with Crippen molar-refractivity contribution in [2.24, 2.45) is 10.2 Å². The Labute approximate surface area is 208 Å². The summed E-state index contributed by atoms with van der Waals surface area (Å²) in [5, 5.41) is 31.7. The van der Waals surface area contributed by atoms with Gasteiger partial charge in [0.15, 0.2) is 0 Å². The Bertz CT molecular complexity index is 1100. The molecule has 0 spiro atoms. The number of rotatable bonds is 12. The molecular formula is C26H28N6O4. The van der Waals surface area contributed by atoms with Gasteiger partial charge in [0.1, 0.15) is 0 Å². The molecule has 0 aromatic heterocycles. The van der Waals surface area contributed by atoms with Gasteiger partial charge in [0.2, 0.25) is 0 Å². The summed E-state index contributed by atoms with van der Waals surface area (Å²) in [5.74, 6) is -0.699. The summed E-state index contributed by atoms with van der Waals surface area (Å²) in [6, 6.07) is 20.9. The number of nitrogens with one attached hydrogen (secondary N) is 4. The van der Waals surface area contributed by atoms with Crippen LogP contribution < -0.4 is 21.5 Å². The Kier molecular flexibility index (Phi) is 10.1. The van der Waals surface area contributed by atoms with Crippen molar-refractivity contribution < 1.29 is 19.8 Å². The highest BCUT2D eigenvalue weighted by Crippen LogP contribution is 2.10. The zero-order valence-corrected chi connectivity index (χ0v) is 19.5. The number of nitrogens with zero attached hydrogens (tertiary/aromatic N) is 2. The van der Waals surface area contributed by atoms with Crippen LogP contribution in [0.1, 0.15) is 31.8 Å². The molecule has 3 aromatic carbocycles. The zero-order chi connectivity index (χ0) is 25.6. The van der Waals surface area contributed by atoms with E-state index in [1.54, 1.807) is 54.6 Å². The summed E-state index contributed by atoms with van der Waals surface area (Å²) in [4.78, 5) is 24.5. The van der Waals surface area contributed by atoms with Crippen molar-refractivity contribution in [2.45, 2.75) is 0 Å². The van der Waals surface area contributed by atoms with Crippen molar-refractivity contribution in [3.63, 3.8) is 0 Å². The van der Waals surface area contributed by atoms with Crippen LogP contribution in [0.3, 0.4) is 0 Å². The first-order valence-electron chi connectivity index (χ1n) is 11.3. The molecule has 0 aliphatic heterocycles. The van der Waals surface area contributed by atoms with Crippen molar-refractivity contribution in [1.29, 1.82) is 0 Å². The minimum absolute atomic E-state index is 0.0262. The largest absolute Gasteiger partial charge is 0.395 e. The Balaban J connectivity index is 1.50. The first-order valence-corrected chi connectivity index (χ1v) is 11.3. The number of carbonyl (C=O) groups is 2. The average molecular weight is 489 g/mol. The van der Waals surface area contributed by atoms with Gasteiger partial charge in [-0.15, -0.1) is 0 Å². The lowest BCUT2D eigenvalue weighted by atomic mass is 10.1. The van der Waals surface area contributed by atoms with Gasteiger partial charge in [-0.25, -0.2) is 10.9 Å². The van der Waals surface area contributed by atoms with E-state index >= 15 is 0 Å². The van der Waals surface area contributed by atoms with Crippen LogP contribution in [-0.2, 0) is 0 Å². The summed E-state index contributed by atoms with van der Waals surface area (Å²) in [6.45, 7) is 0.922. The first-order chi connectivity index (χ1) is 17.6. The van der Waals surface area contributed by atoms with Crippen LogP contribution in [0.25, 0.3) is 0 Å². The third-order valence-corrected chi connectivity index (χ3v) is 4.85. The quantitative estimate of drug-likeness (QED) is 0.170. The van der Waals surface area contributed by atoms with Crippen LogP contribution in [0.4, 0.5) is 11.4 Å². The summed E-state index contributed by atoms with van der Waals surface area (Å²) in [5.41, 5.74) is 8.96. The molecule has 186 valence electrons. The van der Waals surface area contributed by atoms with Gasteiger partial charge in [-0.1, -0.05) is 18.2 Å². The van der Waals surface area contributed by atoms with E-state index in [-0.39, 0.29) is 25.0 Å². The molecule has 10 nitrogen and oxygen atoms in total. The van der Waals surface area contributed by atoms with E-state index in [0.717, 1.165) is 22.5 Å². The number of carbonyl (C=O) groups excluding carboxylic acids is 2. The molecular weight excluding hydrogens is 460 g/mol. The standard InChI is InChI=1S/C26H28N6O4/c33-14-12-27-23-8-4-21(5-9-23)25(35)31-29-17-19-2-1-3-20(16-19)18-30-32-26(36)22-6-10-24(11-7-22)28-13-15-34/h1-11,16-18,27-28,33-34H,12-15H2,(H,31,35)(H,32,36). The molecule has 3 rings (SSSR count). The van der Waals surface area contributed by atoms with Crippen molar-refractivity contribution in [3.8, 4) is 0 Å². The Morgan fingerprint density at radius 1 is 0.667 bits per heavy atom. The van der Waals surface area contributed by atoms with E-state index in [1.165, 1.54) is 12.4 Å². The van der Waals surface area contributed by atoms with Crippen LogP contribution in [0.5, 0.6) is 0 Å². The number of anilines is 2. The number of aliphatic hydroxyl groups is 2. The second-order valence-corrected chi connectivity index (χ2v) is 7.52. The summed E-state index contributed by atoms with van der Waals surface area (Å²) < 4.78 is 0. The molecule has 3 aromatic rings. The lowest BCUT2D eigenvalue weighted by Crippen LogP contribution is -2.17. The molecule has 2 amide bonds. The molecule has 0 aliphatic rings. The molecule has 0 bridgehead atoms. The second-order valence-electron chi connectivity index (χ2n) is 7.52. The number of hydrazone groups is 2. The van der Waals surface area contributed by atoms with Gasteiger partial charge in [-0.2, -0.15) is 10.2 Å². The average Bonchev–Trinajstić information content (AvgIpc) is 2.91. The summed E-state index contributed by atoms with van der Waals surface area (Å²) in [7, 11) is 0. The van der Waals surface area contributed by atoms with Gasteiger partial charge in [0, 0.05) is 35.6 Å². The lowest BCUT2D eigenvalue weighted by Gasteiger charge is -2.05. The highest BCUT2D eigenvalue weighted by Gasteiger charge is 2.05. The van der Waals surface area contributed by atoms with Crippen molar-refractivity contribution in [3.05, 3.63) is 95.1 Å². The minimum Gasteiger partial charge on any atom is -0.395 e. The van der Waals surface area contributed by atoms with Gasteiger partial charge in [0.25, 0.3) is 11.8 Å². The van der Waals surface area contributed by atoms with E-state index in [1.807, 2.05) is 18.2 Å². The molecule has 10 heteroatoms. The van der Waals surface area contributed by atoms with Gasteiger partial charge in [0.05, 0.1) is 25.6 Å². The predicted octanol–water partition coefficient (Wildman–Crippen LogP) is 2.02. The topological polar surface area (TPSA) is 147 Å². The molecule has 0 saturated heterocycles. The number of hydrogen-bond acceptors (Lipinski definition) is 8. The molecule has 0 fully saturated rings. The Morgan fingerprint density at radius 2 is 1.08 bits per heavy atom. The van der Waals surface area contributed by atoms with Gasteiger partial charge >= 0.3 is 0 Å². The maximum absolute atomic E-state index is 12.3. The number of hydrogen-bond donors (Lipinski definition) is 6. The smallest absolute Gasteiger partial charge is 0.271 e. The van der Waals surface area contributed by atoms with E-state index in [2.05, 4.69) is 31.7 Å². The van der Waals surface area contributed by atoms with Crippen molar-refractivity contribution in [1.82, 2.24) is 10.9 Å². The fourth-order valence-electron chi connectivity index (χ4n) is 3.06. The van der Waals surface area contributed by atoms with Crippen molar-refractivity contribution >= 4 is 35.6 Å². The van der Waals surface area contributed by atoms with Crippen LogP contribution in [0.2, 0.25) is 0 Å². The van der Waals surface area contributed by atoms with Gasteiger partial charge < -0.3 is 20.8 Å². The number of benzene rings is 3. The summed E-state index contributed by atoms with van der Waals surface area (Å²) in [6.07, 6.45) is 3.02. The molecule has 0 heterocycles. The second kappa shape index (κ2) is 14.0. The third kappa shape index (κ3) is 8.35. The van der Waals surface area contributed by atoms with Crippen LogP contribution in [0, 0.1) is 0 Å². The highest BCUT2D eigenvalue weighted by atomic mass is 16.3. The Hall–Kier alpha value is -4.54. The minimum atomic E-state index is -0.349. The molecule has 0 unspecified atom stereocenters.